The minimum absolute atomic E-state index is 0.134. The van der Waals surface area contributed by atoms with E-state index in [4.69, 9.17) is 10.4 Å². The highest BCUT2D eigenvalue weighted by atomic mass is 16.3. The van der Waals surface area contributed by atoms with E-state index in [1.807, 2.05) is 24.9 Å². The molecule has 0 aliphatic heterocycles. The summed E-state index contributed by atoms with van der Waals surface area (Å²) < 4.78 is 0. The van der Waals surface area contributed by atoms with E-state index < -0.39 is 0 Å². The fraction of sp³-hybridized carbons (Fsp3) is 0.857. The maximum atomic E-state index is 8.77. The van der Waals surface area contributed by atoms with Crippen LogP contribution in [0.3, 0.4) is 0 Å². The number of hydrogen-bond acceptors (Lipinski definition) is 3. The van der Waals surface area contributed by atoms with E-state index in [9.17, 15) is 0 Å². The van der Waals surface area contributed by atoms with E-state index >= 15 is 0 Å². The molecule has 0 fully saturated rings. The summed E-state index contributed by atoms with van der Waals surface area (Å²) in [5, 5.41) is 17.1. The van der Waals surface area contributed by atoms with Crippen molar-refractivity contribution < 1.29 is 5.11 Å². The molecule has 0 spiro atoms. The second-order valence-corrected chi connectivity index (χ2v) is 2.32. The van der Waals surface area contributed by atoms with E-state index in [2.05, 4.69) is 0 Å². The lowest BCUT2D eigenvalue weighted by atomic mass is 10.2. The number of nitriles is 1. The summed E-state index contributed by atoms with van der Waals surface area (Å²) in [7, 11) is 1.84. The second-order valence-electron chi connectivity index (χ2n) is 2.32. The number of likely N-dealkylation sites (N-methyl/N-ethyl adjacent to an activating group) is 1. The Morgan fingerprint density at radius 2 is 2.30 bits per heavy atom. The molecule has 0 saturated carbocycles. The zero-order valence-electron chi connectivity index (χ0n) is 6.54. The molecule has 10 heavy (non-hydrogen) atoms. The Morgan fingerprint density at radius 3 is 2.60 bits per heavy atom. The van der Waals surface area contributed by atoms with E-state index in [1.165, 1.54) is 0 Å². The average Bonchev–Trinajstić information content (AvgIpc) is 1.91. The smallest absolute Gasteiger partial charge is 0.0866 e. The first-order valence-corrected chi connectivity index (χ1v) is 3.44. The van der Waals surface area contributed by atoms with Crippen molar-refractivity contribution in [3.8, 4) is 6.07 Å². The SMILES string of the molecule is CCC(CO)N(C)CC#N. The predicted octanol–water partition coefficient (Wildman–Crippen LogP) is 0.213. The van der Waals surface area contributed by atoms with Crippen molar-refractivity contribution in [2.45, 2.75) is 19.4 Å². The molecule has 0 aliphatic carbocycles. The van der Waals surface area contributed by atoms with Gasteiger partial charge >= 0.3 is 0 Å². The molecule has 1 atom stereocenters. The Hall–Kier alpha value is -0.590. The molecule has 0 amide bonds. The monoisotopic (exact) mass is 142 g/mol. The summed E-state index contributed by atoms with van der Waals surface area (Å²) in [5.41, 5.74) is 0. The van der Waals surface area contributed by atoms with Gasteiger partial charge in [-0.2, -0.15) is 5.26 Å². The molecule has 0 heterocycles. The fourth-order valence-corrected chi connectivity index (χ4v) is 0.821. The lowest BCUT2D eigenvalue weighted by molar-refractivity contribution is 0.155. The molecule has 0 aromatic rings. The van der Waals surface area contributed by atoms with Gasteiger partial charge in [0, 0.05) is 6.04 Å². The van der Waals surface area contributed by atoms with Crippen LogP contribution in [-0.2, 0) is 0 Å². The van der Waals surface area contributed by atoms with Crippen LogP contribution < -0.4 is 0 Å². The van der Waals surface area contributed by atoms with Gasteiger partial charge in [-0.3, -0.25) is 4.90 Å². The third-order valence-corrected chi connectivity index (χ3v) is 1.63. The summed E-state index contributed by atoms with van der Waals surface area (Å²) in [6, 6.07) is 2.17. The standard InChI is InChI=1S/C7H14N2O/c1-3-7(6-10)9(2)5-4-8/h7,10H,3,5-6H2,1-2H3. The molecule has 0 rings (SSSR count). The highest BCUT2D eigenvalue weighted by Gasteiger charge is 2.09. The van der Waals surface area contributed by atoms with Crippen molar-refractivity contribution in [1.29, 1.82) is 5.26 Å². The predicted molar refractivity (Wildman–Crippen MR) is 39.4 cm³/mol. The summed E-state index contributed by atoms with van der Waals surface area (Å²) in [6.45, 7) is 2.52. The van der Waals surface area contributed by atoms with Gasteiger partial charge in [-0.05, 0) is 13.5 Å². The summed E-state index contributed by atoms with van der Waals surface area (Å²) in [5.74, 6) is 0. The van der Waals surface area contributed by atoms with Crippen LogP contribution in [0.1, 0.15) is 13.3 Å². The molecule has 0 radical (unpaired) electrons. The fourth-order valence-electron chi connectivity index (χ4n) is 0.821. The molecular formula is C7H14N2O. The van der Waals surface area contributed by atoms with Crippen LogP contribution in [0.25, 0.3) is 0 Å². The van der Waals surface area contributed by atoms with Crippen molar-refractivity contribution in [3.63, 3.8) is 0 Å². The van der Waals surface area contributed by atoms with E-state index in [0.29, 0.717) is 6.54 Å². The number of hydrogen-bond donors (Lipinski definition) is 1. The van der Waals surface area contributed by atoms with Gasteiger partial charge in [0.25, 0.3) is 0 Å². The van der Waals surface area contributed by atoms with Crippen molar-refractivity contribution >= 4 is 0 Å². The van der Waals surface area contributed by atoms with Crippen molar-refractivity contribution in [3.05, 3.63) is 0 Å². The van der Waals surface area contributed by atoms with Gasteiger partial charge in [-0.1, -0.05) is 6.92 Å². The average molecular weight is 142 g/mol. The van der Waals surface area contributed by atoms with Gasteiger partial charge in [0.1, 0.15) is 0 Å². The number of nitrogens with zero attached hydrogens (tertiary/aromatic N) is 2. The molecule has 3 heteroatoms. The highest BCUT2D eigenvalue weighted by molar-refractivity contribution is 4.78. The first kappa shape index (κ1) is 9.41. The first-order valence-electron chi connectivity index (χ1n) is 3.44. The van der Waals surface area contributed by atoms with Crippen LogP contribution in [0, 0.1) is 11.3 Å². The van der Waals surface area contributed by atoms with Gasteiger partial charge in [0.05, 0.1) is 19.2 Å². The molecule has 0 aliphatic rings. The maximum Gasteiger partial charge on any atom is 0.0866 e. The van der Waals surface area contributed by atoms with Gasteiger partial charge in [-0.15, -0.1) is 0 Å². The van der Waals surface area contributed by atoms with Gasteiger partial charge in [0.15, 0.2) is 0 Å². The Kier molecular flexibility index (Phi) is 4.91. The molecule has 0 aromatic heterocycles. The van der Waals surface area contributed by atoms with Crippen LogP contribution in [0.5, 0.6) is 0 Å². The number of aliphatic hydroxyl groups is 1. The molecule has 0 aromatic carbocycles. The summed E-state index contributed by atoms with van der Waals surface area (Å²) in [4.78, 5) is 1.85. The summed E-state index contributed by atoms with van der Waals surface area (Å²) >= 11 is 0. The Bertz CT molecular complexity index is 115. The zero-order valence-corrected chi connectivity index (χ0v) is 6.54. The van der Waals surface area contributed by atoms with Crippen molar-refractivity contribution in [2.75, 3.05) is 20.2 Å². The summed E-state index contributed by atoms with van der Waals surface area (Å²) in [6.07, 6.45) is 0.884. The number of aliphatic hydroxyl groups excluding tert-OH is 1. The van der Waals surface area contributed by atoms with Crippen molar-refractivity contribution in [2.24, 2.45) is 0 Å². The molecule has 58 valence electrons. The first-order chi connectivity index (χ1) is 4.76. The van der Waals surface area contributed by atoms with Crippen LogP contribution in [0.2, 0.25) is 0 Å². The molecular weight excluding hydrogens is 128 g/mol. The number of rotatable bonds is 4. The van der Waals surface area contributed by atoms with Crippen molar-refractivity contribution in [1.82, 2.24) is 4.90 Å². The minimum atomic E-state index is 0.134. The molecule has 0 bridgehead atoms. The van der Waals surface area contributed by atoms with E-state index in [1.54, 1.807) is 0 Å². The normalized spacial score (nSPS) is 13.1. The minimum Gasteiger partial charge on any atom is -0.395 e. The van der Waals surface area contributed by atoms with E-state index in [0.717, 1.165) is 6.42 Å². The zero-order chi connectivity index (χ0) is 7.98. The third kappa shape index (κ3) is 2.81. The lowest BCUT2D eigenvalue weighted by Gasteiger charge is -2.21. The molecule has 1 unspecified atom stereocenters. The molecule has 3 nitrogen and oxygen atoms in total. The third-order valence-electron chi connectivity index (χ3n) is 1.63. The Morgan fingerprint density at radius 1 is 1.70 bits per heavy atom. The largest absolute Gasteiger partial charge is 0.395 e. The van der Waals surface area contributed by atoms with Gasteiger partial charge in [-0.25, -0.2) is 0 Å². The van der Waals surface area contributed by atoms with Crippen LogP contribution >= 0.6 is 0 Å². The molecule has 0 saturated heterocycles. The second kappa shape index (κ2) is 5.21. The van der Waals surface area contributed by atoms with Crippen LogP contribution in [-0.4, -0.2) is 36.2 Å². The maximum absolute atomic E-state index is 8.77. The van der Waals surface area contributed by atoms with Crippen LogP contribution in [0.15, 0.2) is 0 Å². The Labute approximate surface area is 61.9 Å². The highest BCUT2D eigenvalue weighted by Crippen LogP contribution is 1.98. The Balaban J connectivity index is 3.66. The lowest BCUT2D eigenvalue weighted by Crippen LogP contribution is -2.34. The van der Waals surface area contributed by atoms with Crippen LogP contribution in [0.4, 0.5) is 0 Å². The quantitative estimate of drug-likeness (QED) is 0.571. The van der Waals surface area contributed by atoms with Gasteiger partial charge < -0.3 is 5.11 Å². The topological polar surface area (TPSA) is 47.3 Å². The molecule has 1 N–H and O–H groups in total. The van der Waals surface area contributed by atoms with E-state index in [-0.39, 0.29) is 12.6 Å². The van der Waals surface area contributed by atoms with Gasteiger partial charge in [0.2, 0.25) is 0 Å².